The summed E-state index contributed by atoms with van der Waals surface area (Å²) < 4.78 is 21.6. The minimum atomic E-state index is -1.15. The number of benzene rings is 2. The van der Waals surface area contributed by atoms with Crippen molar-refractivity contribution in [2.45, 2.75) is 26.1 Å². The van der Waals surface area contributed by atoms with Crippen LogP contribution in [0.15, 0.2) is 42.5 Å². The maximum atomic E-state index is 12.4. The second kappa shape index (κ2) is 8.12. The zero-order valence-corrected chi connectivity index (χ0v) is 15.4. The van der Waals surface area contributed by atoms with Gasteiger partial charge in [0.15, 0.2) is 5.60 Å². The average Bonchev–Trinajstić information content (AvgIpc) is 2.61. The zero-order chi connectivity index (χ0) is 18.4. The van der Waals surface area contributed by atoms with Crippen molar-refractivity contribution in [1.29, 1.82) is 0 Å². The van der Waals surface area contributed by atoms with Crippen molar-refractivity contribution in [2.24, 2.45) is 0 Å². The van der Waals surface area contributed by atoms with Crippen LogP contribution in [-0.4, -0.2) is 25.8 Å². The van der Waals surface area contributed by atoms with Crippen LogP contribution in [0.4, 0.5) is 0 Å². The van der Waals surface area contributed by atoms with E-state index < -0.39 is 11.6 Å². The van der Waals surface area contributed by atoms with Gasteiger partial charge in [-0.2, -0.15) is 0 Å². The fourth-order valence-corrected chi connectivity index (χ4v) is 2.28. The molecule has 0 spiro atoms. The molecular formula is C19H21ClO5. The van der Waals surface area contributed by atoms with Crippen LogP contribution in [0.3, 0.4) is 0 Å². The van der Waals surface area contributed by atoms with Gasteiger partial charge in [-0.15, -0.1) is 0 Å². The Labute approximate surface area is 152 Å². The average molecular weight is 365 g/mol. The first-order chi connectivity index (χ1) is 11.9. The fraction of sp³-hybridized carbons (Fsp3) is 0.316. The number of rotatable bonds is 7. The van der Waals surface area contributed by atoms with Gasteiger partial charge in [-0.1, -0.05) is 11.6 Å². The van der Waals surface area contributed by atoms with Crippen molar-refractivity contribution in [3.8, 4) is 17.2 Å². The highest BCUT2D eigenvalue weighted by Crippen LogP contribution is 2.26. The summed E-state index contributed by atoms with van der Waals surface area (Å²) in [6, 6.07) is 12.1. The fourth-order valence-electron chi connectivity index (χ4n) is 2.15. The van der Waals surface area contributed by atoms with E-state index in [1.165, 1.54) is 0 Å². The van der Waals surface area contributed by atoms with Crippen LogP contribution in [0, 0.1) is 0 Å². The third-order valence-corrected chi connectivity index (χ3v) is 3.78. The molecule has 2 rings (SSSR count). The standard InChI is InChI=1S/C19H21ClO5/c1-19(2,25-15-7-5-14(20)6-8-15)18(21)24-12-13-11-16(22-3)9-10-17(13)23-4/h5-11H,12H2,1-4H3. The number of methoxy groups -OCH3 is 2. The Morgan fingerprint density at radius 1 is 1.00 bits per heavy atom. The lowest BCUT2D eigenvalue weighted by Gasteiger charge is -2.24. The Balaban J connectivity index is 2.04. The smallest absolute Gasteiger partial charge is 0.350 e. The summed E-state index contributed by atoms with van der Waals surface area (Å²) in [5.74, 6) is 1.31. The first kappa shape index (κ1) is 18.9. The summed E-state index contributed by atoms with van der Waals surface area (Å²) in [4.78, 5) is 12.4. The molecule has 0 saturated heterocycles. The summed E-state index contributed by atoms with van der Waals surface area (Å²) in [5.41, 5.74) is -0.447. The molecule has 2 aromatic carbocycles. The Kier molecular flexibility index (Phi) is 6.15. The van der Waals surface area contributed by atoms with Gasteiger partial charge in [-0.05, 0) is 56.3 Å². The normalized spacial score (nSPS) is 10.9. The number of esters is 1. The summed E-state index contributed by atoms with van der Waals surface area (Å²) in [6.45, 7) is 3.34. The molecule has 0 amide bonds. The largest absolute Gasteiger partial charge is 0.497 e. The molecule has 25 heavy (non-hydrogen) atoms. The SMILES string of the molecule is COc1ccc(OC)c(COC(=O)C(C)(C)Oc2ccc(Cl)cc2)c1. The summed E-state index contributed by atoms with van der Waals surface area (Å²) in [7, 11) is 3.13. The monoisotopic (exact) mass is 364 g/mol. The van der Waals surface area contributed by atoms with Crippen LogP contribution in [0.5, 0.6) is 17.2 Å². The molecule has 0 N–H and O–H groups in total. The predicted molar refractivity (Wildman–Crippen MR) is 95.5 cm³/mol. The van der Waals surface area contributed by atoms with Gasteiger partial charge in [0.2, 0.25) is 0 Å². The van der Waals surface area contributed by atoms with Crippen molar-refractivity contribution in [1.82, 2.24) is 0 Å². The molecule has 0 radical (unpaired) electrons. The van der Waals surface area contributed by atoms with Crippen molar-refractivity contribution in [3.05, 3.63) is 53.1 Å². The van der Waals surface area contributed by atoms with Crippen LogP contribution in [-0.2, 0) is 16.1 Å². The number of halogens is 1. The molecule has 0 heterocycles. The molecule has 0 aliphatic heterocycles. The topological polar surface area (TPSA) is 54.0 Å². The molecule has 0 bridgehead atoms. The molecule has 0 atom stereocenters. The van der Waals surface area contributed by atoms with Crippen molar-refractivity contribution < 1.29 is 23.7 Å². The first-order valence-corrected chi connectivity index (χ1v) is 8.06. The van der Waals surface area contributed by atoms with Gasteiger partial charge in [-0.3, -0.25) is 0 Å². The van der Waals surface area contributed by atoms with Crippen LogP contribution in [0.1, 0.15) is 19.4 Å². The molecule has 134 valence electrons. The number of ether oxygens (including phenoxy) is 4. The molecule has 0 fully saturated rings. The van der Waals surface area contributed by atoms with E-state index in [1.807, 2.05) is 0 Å². The van der Waals surface area contributed by atoms with E-state index in [-0.39, 0.29) is 6.61 Å². The highest BCUT2D eigenvalue weighted by molar-refractivity contribution is 6.30. The summed E-state index contributed by atoms with van der Waals surface area (Å²) >= 11 is 5.85. The molecule has 0 aromatic heterocycles. The van der Waals surface area contributed by atoms with Gasteiger partial charge in [0, 0.05) is 10.6 Å². The van der Waals surface area contributed by atoms with E-state index in [0.29, 0.717) is 27.8 Å². The van der Waals surface area contributed by atoms with Crippen LogP contribution in [0.25, 0.3) is 0 Å². The predicted octanol–water partition coefficient (Wildman–Crippen LogP) is 4.26. The van der Waals surface area contributed by atoms with Crippen molar-refractivity contribution >= 4 is 17.6 Å². The van der Waals surface area contributed by atoms with Crippen LogP contribution >= 0.6 is 11.6 Å². The van der Waals surface area contributed by atoms with Gasteiger partial charge >= 0.3 is 5.97 Å². The van der Waals surface area contributed by atoms with E-state index in [1.54, 1.807) is 70.5 Å². The van der Waals surface area contributed by atoms with E-state index >= 15 is 0 Å². The van der Waals surface area contributed by atoms with Crippen molar-refractivity contribution in [3.63, 3.8) is 0 Å². The molecule has 2 aromatic rings. The highest BCUT2D eigenvalue weighted by atomic mass is 35.5. The van der Waals surface area contributed by atoms with Gasteiger partial charge < -0.3 is 18.9 Å². The number of hydrogen-bond donors (Lipinski definition) is 0. The maximum Gasteiger partial charge on any atom is 0.350 e. The number of carbonyl (C=O) groups excluding carboxylic acids is 1. The molecule has 6 heteroatoms. The molecule has 5 nitrogen and oxygen atoms in total. The Hall–Kier alpha value is -2.40. The maximum absolute atomic E-state index is 12.4. The highest BCUT2D eigenvalue weighted by Gasteiger charge is 2.32. The van der Waals surface area contributed by atoms with Crippen LogP contribution < -0.4 is 14.2 Å². The van der Waals surface area contributed by atoms with Crippen LogP contribution in [0.2, 0.25) is 5.02 Å². The number of hydrogen-bond acceptors (Lipinski definition) is 5. The van der Waals surface area contributed by atoms with Gasteiger partial charge in [-0.25, -0.2) is 4.79 Å². The molecule has 0 aliphatic rings. The van der Waals surface area contributed by atoms with Gasteiger partial charge in [0.1, 0.15) is 23.9 Å². The summed E-state index contributed by atoms with van der Waals surface area (Å²) in [5, 5.41) is 0.595. The van der Waals surface area contributed by atoms with Crippen molar-refractivity contribution in [2.75, 3.05) is 14.2 Å². The first-order valence-electron chi connectivity index (χ1n) is 7.68. The third kappa shape index (κ3) is 5.03. The Morgan fingerprint density at radius 3 is 2.24 bits per heavy atom. The minimum absolute atomic E-state index is 0.0482. The van der Waals surface area contributed by atoms with E-state index in [9.17, 15) is 4.79 Å². The number of carbonyl (C=O) groups is 1. The lowest BCUT2D eigenvalue weighted by Crippen LogP contribution is -2.39. The minimum Gasteiger partial charge on any atom is -0.497 e. The quantitative estimate of drug-likeness (QED) is 0.687. The zero-order valence-electron chi connectivity index (χ0n) is 14.7. The Bertz CT molecular complexity index is 725. The lowest BCUT2D eigenvalue weighted by molar-refractivity contribution is -0.160. The molecule has 0 saturated carbocycles. The van der Waals surface area contributed by atoms with Gasteiger partial charge in [0.25, 0.3) is 0 Å². The molecule has 0 unspecified atom stereocenters. The molecule has 0 aliphatic carbocycles. The van der Waals surface area contributed by atoms with E-state index in [4.69, 9.17) is 30.5 Å². The summed E-state index contributed by atoms with van der Waals surface area (Å²) in [6.07, 6.45) is 0. The second-order valence-corrected chi connectivity index (χ2v) is 6.26. The van der Waals surface area contributed by atoms with E-state index in [0.717, 1.165) is 0 Å². The molecular weight excluding hydrogens is 344 g/mol. The second-order valence-electron chi connectivity index (χ2n) is 5.82. The van der Waals surface area contributed by atoms with Gasteiger partial charge in [0.05, 0.1) is 14.2 Å². The lowest BCUT2D eigenvalue weighted by atomic mass is 10.1. The van der Waals surface area contributed by atoms with E-state index in [2.05, 4.69) is 0 Å². The Morgan fingerprint density at radius 2 is 1.64 bits per heavy atom. The third-order valence-electron chi connectivity index (χ3n) is 3.52.